The first-order valence-electron chi connectivity index (χ1n) is 12.7. The zero-order chi connectivity index (χ0) is 28.3. The molecule has 8 heteroatoms. The van der Waals surface area contributed by atoms with E-state index in [0.717, 1.165) is 42.5 Å². The molecule has 5 aromatic rings. The second-order valence-electron chi connectivity index (χ2n) is 9.19. The first-order valence-corrected chi connectivity index (χ1v) is 14.3. The monoisotopic (exact) mass is 620 g/mol. The van der Waals surface area contributed by atoms with Crippen LogP contribution in [0.5, 0.6) is 0 Å². The Hall–Kier alpha value is -4.66. The molecule has 200 valence electrons. The molecule has 1 aliphatic heterocycles. The topological polar surface area (TPSA) is 76.6 Å². The normalized spacial score (nSPS) is 14.0. The second-order valence-corrected chi connectivity index (χ2v) is 11.3. The number of carbonyl (C=O) groups excluding carboxylic acids is 1. The molecule has 0 fully saturated rings. The number of halogens is 1. The maximum absolute atomic E-state index is 13.8. The Bertz CT molecular complexity index is 1790. The number of nitrogens with zero attached hydrogens (tertiary/aromatic N) is 2. The largest absolute Gasteiger partial charge is 0.457 e. The van der Waals surface area contributed by atoms with Gasteiger partial charge in [-0.15, -0.1) is 0 Å². The van der Waals surface area contributed by atoms with E-state index in [-0.39, 0.29) is 11.6 Å². The molecule has 2 heterocycles. The molecule has 1 aromatic heterocycles. The molecular formula is C33H21BrN2O4S. The molecule has 1 amide bonds. The van der Waals surface area contributed by atoms with E-state index in [1.165, 1.54) is 23.9 Å². The minimum atomic E-state index is -0.413. The zero-order valence-corrected chi connectivity index (χ0v) is 23.8. The number of nitro groups is 1. The quantitative estimate of drug-likeness (QED) is 0.103. The van der Waals surface area contributed by atoms with Crippen LogP contribution in [-0.4, -0.2) is 10.8 Å². The maximum Gasteiger partial charge on any atom is 0.269 e. The summed E-state index contributed by atoms with van der Waals surface area (Å²) in [5.74, 6) is 1.16. The smallest absolute Gasteiger partial charge is 0.269 e. The van der Waals surface area contributed by atoms with Gasteiger partial charge in [0.15, 0.2) is 0 Å². The van der Waals surface area contributed by atoms with Gasteiger partial charge in [0, 0.05) is 43.2 Å². The fourth-order valence-corrected chi connectivity index (χ4v) is 5.56. The molecule has 4 aromatic carbocycles. The molecule has 6 nitrogen and oxygen atoms in total. The van der Waals surface area contributed by atoms with Gasteiger partial charge < -0.3 is 4.42 Å². The van der Waals surface area contributed by atoms with Gasteiger partial charge in [0.25, 0.3) is 11.6 Å². The molecule has 6 rings (SSSR count). The van der Waals surface area contributed by atoms with Crippen LogP contribution >= 0.6 is 27.7 Å². The van der Waals surface area contributed by atoms with Crippen molar-refractivity contribution in [1.29, 1.82) is 0 Å². The number of non-ortho nitro benzene ring substituents is 1. The lowest BCUT2D eigenvalue weighted by molar-refractivity contribution is -0.384. The van der Waals surface area contributed by atoms with Crippen LogP contribution in [0.15, 0.2) is 146 Å². The standard InChI is InChI=1S/C33H21BrN2O4S/c34-25-8-6-23(7-9-25)32-19-14-28(40-32)20-24-21-31(22-4-2-1-3-5-22)35(33(24)37)26-10-15-29(16-11-26)41-30-17-12-27(13-18-30)36(38)39/h1-21H/b24-20+. The third kappa shape index (κ3) is 5.79. The van der Waals surface area contributed by atoms with Crippen LogP contribution in [0.2, 0.25) is 0 Å². The van der Waals surface area contributed by atoms with Crippen molar-refractivity contribution in [3.8, 4) is 11.3 Å². The minimum absolute atomic E-state index is 0.0559. The third-order valence-electron chi connectivity index (χ3n) is 6.48. The first kappa shape index (κ1) is 26.6. The highest BCUT2D eigenvalue weighted by Gasteiger charge is 2.30. The highest BCUT2D eigenvalue weighted by molar-refractivity contribution is 9.10. The average Bonchev–Trinajstić information content (AvgIpc) is 3.59. The molecular weight excluding hydrogens is 600 g/mol. The second kappa shape index (κ2) is 11.4. The van der Waals surface area contributed by atoms with Crippen LogP contribution in [-0.2, 0) is 4.79 Å². The Labute approximate surface area is 248 Å². The maximum atomic E-state index is 13.8. The van der Waals surface area contributed by atoms with Crippen LogP contribution in [0.25, 0.3) is 23.1 Å². The number of carbonyl (C=O) groups is 1. The van der Waals surface area contributed by atoms with E-state index in [1.54, 1.807) is 23.1 Å². The van der Waals surface area contributed by atoms with Crippen LogP contribution in [0.4, 0.5) is 11.4 Å². The summed E-state index contributed by atoms with van der Waals surface area (Å²) in [5.41, 5.74) is 3.95. The summed E-state index contributed by atoms with van der Waals surface area (Å²) in [6.07, 6.45) is 3.66. The lowest BCUT2D eigenvalue weighted by Crippen LogP contribution is -2.24. The predicted molar refractivity (Wildman–Crippen MR) is 165 cm³/mol. The van der Waals surface area contributed by atoms with Crippen molar-refractivity contribution in [2.75, 3.05) is 4.90 Å². The minimum Gasteiger partial charge on any atom is -0.457 e. The van der Waals surface area contributed by atoms with Gasteiger partial charge in [0.1, 0.15) is 11.5 Å². The van der Waals surface area contributed by atoms with E-state index in [1.807, 2.05) is 97.1 Å². The molecule has 0 spiro atoms. The zero-order valence-electron chi connectivity index (χ0n) is 21.4. The molecule has 0 saturated carbocycles. The summed E-state index contributed by atoms with van der Waals surface area (Å²) in [6.45, 7) is 0. The summed E-state index contributed by atoms with van der Waals surface area (Å²) >= 11 is 4.95. The molecule has 0 atom stereocenters. The first-order chi connectivity index (χ1) is 19.9. The van der Waals surface area contributed by atoms with Crippen molar-refractivity contribution in [3.05, 3.63) is 153 Å². The van der Waals surface area contributed by atoms with Gasteiger partial charge >= 0.3 is 0 Å². The van der Waals surface area contributed by atoms with Crippen LogP contribution < -0.4 is 4.90 Å². The summed E-state index contributed by atoms with van der Waals surface area (Å²) in [7, 11) is 0. The number of hydrogen-bond acceptors (Lipinski definition) is 5. The third-order valence-corrected chi connectivity index (χ3v) is 8.03. The van der Waals surface area contributed by atoms with Gasteiger partial charge in [-0.3, -0.25) is 19.8 Å². The van der Waals surface area contributed by atoms with Gasteiger partial charge in [-0.05, 0) is 78.4 Å². The molecule has 0 N–H and O–H groups in total. The van der Waals surface area contributed by atoms with Gasteiger partial charge in [0.05, 0.1) is 10.6 Å². The Morgan fingerprint density at radius 1 is 0.780 bits per heavy atom. The number of hydrogen-bond donors (Lipinski definition) is 0. The highest BCUT2D eigenvalue weighted by Crippen LogP contribution is 2.37. The van der Waals surface area contributed by atoms with E-state index >= 15 is 0 Å². The molecule has 0 radical (unpaired) electrons. The number of nitro benzene ring substituents is 1. The Kier molecular flexibility index (Phi) is 7.41. The van der Waals surface area contributed by atoms with Gasteiger partial charge in [-0.25, -0.2) is 0 Å². The number of benzene rings is 4. The lowest BCUT2D eigenvalue weighted by atomic mass is 10.1. The van der Waals surface area contributed by atoms with E-state index in [4.69, 9.17) is 4.42 Å². The van der Waals surface area contributed by atoms with E-state index in [0.29, 0.717) is 11.3 Å². The number of anilines is 1. The summed E-state index contributed by atoms with van der Waals surface area (Å²) in [5, 5.41) is 10.9. The number of furan rings is 1. The van der Waals surface area contributed by atoms with Crippen LogP contribution in [0.1, 0.15) is 11.3 Å². The molecule has 0 bridgehead atoms. The van der Waals surface area contributed by atoms with Crippen LogP contribution in [0, 0.1) is 10.1 Å². The SMILES string of the molecule is O=C1/C(=C/c2ccc(-c3ccc(Br)cc3)o2)C=C(c2ccccc2)N1c1ccc(Sc2ccc([N+](=O)[O-])cc2)cc1. The van der Waals surface area contributed by atoms with Crippen molar-refractivity contribution in [3.63, 3.8) is 0 Å². The summed E-state index contributed by atoms with van der Waals surface area (Å²) in [6, 6.07) is 35.5. The van der Waals surface area contributed by atoms with Crippen molar-refractivity contribution in [2.24, 2.45) is 0 Å². The fraction of sp³-hybridized carbons (Fsp3) is 0. The predicted octanol–water partition coefficient (Wildman–Crippen LogP) is 9.24. The van der Waals surface area contributed by atoms with Crippen molar-refractivity contribution < 1.29 is 14.1 Å². The van der Waals surface area contributed by atoms with E-state index < -0.39 is 4.92 Å². The van der Waals surface area contributed by atoms with Gasteiger partial charge in [0.2, 0.25) is 0 Å². The fourth-order valence-electron chi connectivity index (χ4n) is 4.48. The number of rotatable bonds is 7. The Balaban J connectivity index is 1.28. The number of amides is 1. The Morgan fingerprint density at radius 3 is 2.10 bits per heavy atom. The van der Waals surface area contributed by atoms with Crippen molar-refractivity contribution in [2.45, 2.75) is 9.79 Å². The molecule has 0 aliphatic carbocycles. The van der Waals surface area contributed by atoms with Gasteiger partial charge in [-0.1, -0.05) is 70.2 Å². The van der Waals surface area contributed by atoms with Crippen LogP contribution in [0.3, 0.4) is 0 Å². The summed E-state index contributed by atoms with van der Waals surface area (Å²) in [4.78, 5) is 27.8. The Morgan fingerprint density at radius 2 is 1.44 bits per heavy atom. The van der Waals surface area contributed by atoms with Crippen molar-refractivity contribution in [1.82, 2.24) is 0 Å². The molecule has 1 aliphatic rings. The molecule has 0 saturated heterocycles. The molecule has 0 unspecified atom stereocenters. The van der Waals surface area contributed by atoms with Crippen molar-refractivity contribution >= 4 is 56.7 Å². The highest BCUT2D eigenvalue weighted by atomic mass is 79.9. The lowest BCUT2D eigenvalue weighted by Gasteiger charge is -2.21. The average molecular weight is 622 g/mol. The van der Waals surface area contributed by atoms with Gasteiger partial charge in [-0.2, -0.15) is 0 Å². The van der Waals surface area contributed by atoms with E-state index in [2.05, 4.69) is 15.9 Å². The summed E-state index contributed by atoms with van der Waals surface area (Å²) < 4.78 is 7.05. The van der Waals surface area contributed by atoms with E-state index in [9.17, 15) is 14.9 Å². The molecule has 41 heavy (non-hydrogen) atoms.